The van der Waals surface area contributed by atoms with Crippen LogP contribution in [0.3, 0.4) is 0 Å². The number of hydrogen-bond acceptors (Lipinski definition) is 6. The van der Waals surface area contributed by atoms with Gasteiger partial charge in [0.25, 0.3) is 11.5 Å². The van der Waals surface area contributed by atoms with Crippen LogP contribution in [0.2, 0.25) is 0 Å². The summed E-state index contributed by atoms with van der Waals surface area (Å²) in [7, 11) is 2.86. The maximum Gasteiger partial charge on any atom is 0.332 e. The number of aryl methyl sites for hydroxylation is 1. The number of pyridine rings is 1. The molecule has 0 aliphatic rings. The summed E-state index contributed by atoms with van der Waals surface area (Å²) in [6.07, 6.45) is -0.328. The molecule has 31 heavy (non-hydrogen) atoms. The molecule has 9 nitrogen and oxygen atoms in total. The highest BCUT2D eigenvalue weighted by atomic mass is 16.5. The Morgan fingerprint density at radius 1 is 1.03 bits per heavy atom. The number of carbonyl (C=O) groups is 2. The minimum Gasteiger partial charge on any atom is -0.463 e. The fraction of sp³-hybridized carbons (Fsp3) is 0.318. The number of carbonyl (C=O) groups excluding carboxylic acids is 2. The zero-order valence-corrected chi connectivity index (χ0v) is 17.8. The Hall–Kier alpha value is -3.75. The summed E-state index contributed by atoms with van der Waals surface area (Å²) in [5.41, 5.74) is -0.166. The number of amides is 1. The average Bonchev–Trinajstić information content (AvgIpc) is 2.75. The first-order valence-electron chi connectivity index (χ1n) is 9.81. The maximum absolute atomic E-state index is 12.9. The molecule has 9 heteroatoms. The van der Waals surface area contributed by atoms with Crippen LogP contribution >= 0.6 is 0 Å². The predicted molar refractivity (Wildman–Crippen MR) is 115 cm³/mol. The summed E-state index contributed by atoms with van der Waals surface area (Å²) in [4.78, 5) is 53.9. The van der Waals surface area contributed by atoms with Crippen molar-refractivity contribution in [2.24, 2.45) is 14.1 Å². The number of benzene rings is 1. The molecule has 0 radical (unpaired) electrons. The molecule has 1 atom stereocenters. The van der Waals surface area contributed by atoms with E-state index in [0.29, 0.717) is 0 Å². The molecule has 0 saturated heterocycles. The van der Waals surface area contributed by atoms with Crippen molar-refractivity contribution in [2.45, 2.75) is 32.4 Å². The van der Waals surface area contributed by atoms with Gasteiger partial charge in [-0.2, -0.15) is 0 Å². The zero-order chi connectivity index (χ0) is 22.7. The number of aromatic nitrogens is 3. The lowest BCUT2D eigenvalue weighted by Crippen LogP contribution is -2.37. The van der Waals surface area contributed by atoms with Crippen LogP contribution in [-0.2, 0) is 23.6 Å². The number of ether oxygens (including phenoxy) is 1. The second kappa shape index (κ2) is 8.95. The summed E-state index contributed by atoms with van der Waals surface area (Å²) in [5.74, 6) is -0.984. The van der Waals surface area contributed by atoms with Gasteiger partial charge in [0, 0.05) is 14.1 Å². The largest absolute Gasteiger partial charge is 0.463 e. The van der Waals surface area contributed by atoms with Gasteiger partial charge in [-0.15, -0.1) is 0 Å². The number of esters is 1. The summed E-state index contributed by atoms with van der Waals surface area (Å²) in [6.45, 7) is 3.50. The topological polar surface area (TPSA) is 112 Å². The second-order valence-corrected chi connectivity index (χ2v) is 7.45. The lowest BCUT2D eigenvalue weighted by atomic mass is 10.0. The molecule has 3 rings (SSSR count). The van der Waals surface area contributed by atoms with Gasteiger partial charge in [-0.25, -0.2) is 9.78 Å². The van der Waals surface area contributed by atoms with Crippen molar-refractivity contribution in [3.63, 3.8) is 0 Å². The van der Waals surface area contributed by atoms with Crippen LogP contribution in [0.4, 0.5) is 0 Å². The van der Waals surface area contributed by atoms with E-state index in [1.165, 1.54) is 30.8 Å². The molecule has 1 N–H and O–H groups in total. The minimum atomic E-state index is -0.634. The van der Waals surface area contributed by atoms with Gasteiger partial charge in [0.1, 0.15) is 11.3 Å². The molecule has 2 aromatic heterocycles. The number of nitrogens with one attached hydrogen (secondary N) is 1. The fourth-order valence-electron chi connectivity index (χ4n) is 3.23. The smallest absolute Gasteiger partial charge is 0.332 e. The molecule has 0 aliphatic carbocycles. The Labute approximate surface area is 178 Å². The van der Waals surface area contributed by atoms with Crippen LogP contribution in [0, 0.1) is 0 Å². The van der Waals surface area contributed by atoms with Crippen LogP contribution in [0.15, 0.2) is 52.1 Å². The summed E-state index contributed by atoms with van der Waals surface area (Å²) in [5, 5.41) is 3.03. The van der Waals surface area contributed by atoms with Crippen LogP contribution in [0.5, 0.6) is 0 Å². The van der Waals surface area contributed by atoms with E-state index in [0.717, 1.165) is 10.1 Å². The highest BCUT2D eigenvalue weighted by Crippen LogP contribution is 2.19. The van der Waals surface area contributed by atoms with Crippen molar-refractivity contribution in [3.8, 4) is 0 Å². The first-order chi connectivity index (χ1) is 14.7. The van der Waals surface area contributed by atoms with Crippen molar-refractivity contribution >= 4 is 22.9 Å². The highest BCUT2D eigenvalue weighted by Gasteiger charge is 2.22. The van der Waals surface area contributed by atoms with E-state index in [4.69, 9.17) is 4.74 Å². The Kier molecular flexibility index (Phi) is 6.33. The van der Waals surface area contributed by atoms with Gasteiger partial charge in [-0.05, 0) is 31.5 Å². The predicted octanol–water partition coefficient (Wildman–Crippen LogP) is 1.44. The molecule has 0 fully saturated rings. The molecule has 0 saturated carbocycles. The Bertz CT molecular complexity index is 1240. The second-order valence-electron chi connectivity index (χ2n) is 7.45. The van der Waals surface area contributed by atoms with E-state index in [1.54, 1.807) is 26.0 Å². The van der Waals surface area contributed by atoms with E-state index in [9.17, 15) is 19.2 Å². The van der Waals surface area contributed by atoms with Crippen molar-refractivity contribution < 1.29 is 14.3 Å². The monoisotopic (exact) mass is 424 g/mol. The molecule has 2 heterocycles. The normalized spacial score (nSPS) is 12.0. The van der Waals surface area contributed by atoms with Gasteiger partial charge in [0.05, 0.1) is 24.0 Å². The summed E-state index contributed by atoms with van der Waals surface area (Å²) < 4.78 is 7.41. The van der Waals surface area contributed by atoms with Crippen LogP contribution in [-0.4, -0.2) is 32.1 Å². The standard InChI is InChI=1S/C22H24N4O5/c1-13(2)31-18(27)12-17(14-8-6-5-7-9-14)24-20(28)16-11-10-15-19(23-16)25(3)22(30)26(4)21(15)29/h5-11,13,17H,12H2,1-4H3,(H,24,28). The summed E-state index contributed by atoms with van der Waals surface area (Å²) in [6, 6.07) is 11.3. The Balaban J connectivity index is 1.94. The fourth-order valence-corrected chi connectivity index (χ4v) is 3.23. The maximum atomic E-state index is 12.9. The van der Waals surface area contributed by atoms with E-state index in [2.05, 4.69) is 10.3 Å². The van der Waals surface area contributed by atoms with Gasteiger partial charge in [0.2, 0.25) is 0 Å². The molecule has 1 aromatic carbocycles. The quantitative estimate of drug-likeness (QED) is 0.600. The van der Waals surface area contributed by atoms with Crippen molar-refractivity contribution in [2.75, 3.05) is 0 Å². The molecule has 1 amide bonds. The third-order valence-corrected chi connectivity index (χ3v) is 4.78. The number of rotatable bonds is 6. The molecular weight excluding hydrogens is 400 g/mol. The molecule has 0 aliphatic heterocycles. The summed E-state index contributed by atoms with van der Waals surface area (Å²) >= 11 is 0. The van der Waals surface area contributed by atoms with Gasteiger partial charge in [-0.3, -0.25) is 23.5 Å². The Morgan fingerprint density at radius 2 is 1.71 bits per heavy atom. The van der Waals surface area contributed by atoms with Gasteiger partial charge >= 0.3 is 11.7 Å². The first kappa shape index (κ1) is 21.9. The van der Waals surface area contributed by atoms with Gasteiger partial charge in [0.15, 0.2) is 0 Å². The van der Waals surface area contributed by atoms with E-state index >= 15 is 0 Å². The van der Waals surface area contributed by atoms with E-state index < -0.39 is 29.2 Å². The van der Waals surface area contributed by atoms with Crippen molar-refractivity contribution in [1.82, 2.24) is 19.4 Å². The SMILES string of the molecule is CC(C)OC(=O)CC(NC(=O)c1ccc2c(=O)n(C)c(=O)n(C)c2n1)c1ccccc1. The minimum absolute atomic E-state index is 0.0221. The highest BCUT2D eigenvalue weighted by molar-refractivity contribution is 5.94. The number of hydrogen-bond donors (Lipinski definition) is 1. The molecule has 3 aromatic rings. The molecule has 0 bridgehead atoms. The average molecular weight is 424 g/mol. The van der Waals surface area contributed by atoms with Crippen LogP contribution < -0.4 is 16.6 Å². The molecular formula is C22H24N4O5. The first-order valence-corrected chi connectivity index (χ1v) is 9.81. The van der Waals surface area contributed by atoms with Crippen molar-refractivity contribution in [1.29, 1.82) is 0 Å². The third kappa shape index (κ3) is 4.71. The lowest BCUT2D eigenvalue weighted by Gasteiger charge is -2.19. The van der Waals surface area contributed by atoms with Crippen LogP contribution in [0.1, 0.15) is 42.4 Å². The zero-order valence-electron chi connectivity index (χ0n) is 17.8. The van der Waals surface area contributed by atoms with Crippen molar-refractivity contribution in [3.05, 3.63) is 74.6 Å². The van der Waals surface area contributed by atoms with Gasteiger partial charge in [-0.1, -0.05) is 30.3 Å². The molecule has 1 unspecified atom stereocenters. The van der Waals surface area contributed by atoms with E-state index in [-0.39, 0.29) is 29.3 Å². The van der Waals surface area contributed by atoms with E-state index in [1.807, 2.05) is 18.2 Å². The number of nitrogens with zero attached hydrogens (tertiary/aromatic N) is 3. The molecule has 162 valence electrons. The van der Waals surface area contributed by atoms with Crippen LogP contribution in [0.25, 0.3) is 11.0 Å². The lowest BCUT2D eigenvalue weighted by molar-refractivity contribution is -0.147. The third-order valence-electron chi connectivity index (χ3n) is 4.78. The molecule has 0 spiro atoms. The number of fused-ring (bicyclic) bond motifs is 1. The Morgan fingerprint density at radius 3 is 2.35 bits per heavy atom. The van der Waals surface area contributed by atoms with Gasteiger partial charge < -0.3 is 10.1 Å².